The zero-order valence-corrected chi connectivity index (χ0v) is 24.5. The van der Waals surface area contributed by atoms with E-state index in [9.17, 15) is 14.4 Å². The molecule has 1 aliphatic rings. The molecule has 3 aromatic heterocycles. The van der Waals surface area contributed by atoms with Crippen molar-refractivity contribution in [2.45, 2.75) is 47.2 Å². The SMILES string of the molecule is CCN1C(=O)C(C)(C)C(=O)N(C)c2cc(CCN(CCn3ccc4occc4c3=O)Cc3nc(C)cs3)ccc21. The molecule has 5 rings (SSSR count). The predicted octanol–water partition coefficient (Wildman–Crippen LogP) is 4.46. The van der Waals surface area contributed by atoms with Crippen LogP contribution in [0.5, 0.6) is 0 Å². The molecule has 0 saturated heterocycles. The second-order valence-corrected chi connectivity index (χ2v) is 11.7. The molecular weight excluding hydrogens is 526 g/mol. The number of amides is 2. The Labute approximate surface area is 237 Å². The van der Waals surface area contributed by atoms with Crippen LogP contribution < -0.4 is 15.4 Å². The van der Waals surface area contributed by atoms with Crippen LogP contribution in [0.3, 0.4) is 0 Å². The van der Waals surface area contributed by atoms with Gasteiger partial charge >= 0.3 is 0 Å². The summed E-state index contributed by atoms with van der Waals surface area (Å²) < 4.78 is 7.09. The van der Waals surface area contributed by atoms with E-state index < -0.39 is 5.41 Å². The van der Waals surface area contributed by atoms with E-state index >= 15 is 0 Å². The maximum atomic E-state index is 13.2. The first-order valence-electron chi connectivity index (χ1n) is 13.5. The fourth-order valence-electron chi connectivity index (χ4n) is 5.26. The van der Waals surface area contributed by atoms with E-state index in [-0.39, 0.29) is 17.4 Å². The van der Waals surface area contributed by atoms with Crippen molar-refractivity contribution in [1.29, 1.82) is 0 Å². The van der Waals surface area contributed by atoms with Crippen molar-refractivity contribution in [2.75, 3.05) is 36.5 Å². The number of aromatic nitrogens is 2. The van der Waals surface area contributed by atoms with E-state index in [1.165, 1.54) is 6.26 Å². The standard InChI is InChI=1S/C30H35N5O4S/c1-6-35-23-8-7-21(17-24(23)32(5)28(37)30(3,4)29(35)38)9-12-33(18-26-31-20(2)19-40-26)14-15-34-13-10-25-22(27(34)36)11-16-39-25/h7-8,10-11,13,16-17,19H,6,9,12,14-15,18H2,1-5H3. The van der Waals surface area contributed by atoms with Crippen molar-refractivity contribution in [1.82, 2.24) is 14.5 Å². The molecule has 4 heterocycles. The van der Waals surface area contributed by atoms with E-state index in [1.54, 1.807) is 58.9 Å². The number of benzene rings is 1. The Morgan fingerprint density at radius 1 is 1.05 bits per heavy atom. The molecule has 0 saturated carbocycles. The Hall–Kier alpha value is -3.76. The number of rotatable bonds is 9. The van der Waals surface area contributed by atoms with Crippen LogP contribution in [0.2, 0.25) is 0 Å². The summed E-state index contributed by atoms with van der Waals surface area (Å²) in [5.74, 6) is -0.403. The van der Waals surface area contributed by atoms with Crippen molar-refractivity contribution in [3.8, 4) is 0 Å². The number of aryl methyl sites for hydroxylation is 1. The highest BCUT2D eigenvalue weighted by Crippen LogP contribution is 2.38. The lowest BCUT2D eigenvalue weighted by Gasteiger charge is -2.27. The molecule has 0 fully saturated rings. The third-order valence-electron chi connectivity index (χ3n) is 7.62. The molecule has 9 nitrogen and oxygen atoms in total. The lowest BCUT2D eigenvalue weighted by Crippen LogP contribution is -2.47. The largest absolute Gasteiger partial charge is 0.464 e. The summed E-state index contributed by atoms with van der Waals surface area (Å²) in [6.45, 7) is 10.4. The Bertz CT molecular complexity index is 1620. The van der Waals surface area contributed by atoms with Crippen molar-refractivity contribution in [3.05, 3.63) is 74.8 Å². The van der Waals surface area contributed by atoms with Gasteiger partial charge in [0.2, 0.25) is 11.8 Å². The summed E-state index contributed by atoms with van der Waals surface area (Å²) in [6.07, 6.45) is 4.05. The van der Waals surface area contributed by atoms with Gasteiger partial charge in [-0.2, -0.15) is 0 Å². The van der Waals surface area contributed by atoms with Gasteiger partial charge in [0.25, 0.3) is 5.56 Å². The molecule has 1 aromatic carbocycles. The van der Waals surface area contributed by atoms with Gasteiger partial charge in [0, 0.05) is 50.5 Å². The number of carbonyl (C=O) groups is 2. The highest BCUT2D eigenvalue weighted by atomic mass is 32.1. The zero-order valence-electron chi connectivity index (χ0n) is 23.6. The molecule has 10 heteroatoms. The summed E-state index contributed by atoms with van der Waals surface area (Å²) in [4.78, 5) is 49.6. The summed E-state index contributed by atoms with van der Waals surface area (Å²) in [5, 5.41) is 3.66. The number of nitrogens with zero attached hydrogens (tertiary/aromatic N) is 5. The van der Waals surface area contributed by atoms with Crippen LogP contribution in [-0.4, -0.2) is 52.9 Å². The van der Waals surface area contributed by atoms with Gasteiger partial charge in [-0.05, 0) is 63.9 Å². The van der Waals surface area contributed by atoms with E-state index in [0.29, 0.717) is 37.1 Å². The highest BCUT2D eigenvalue weighted by Gasteiger charge is 2.45. The maximum Gasteiger partial charge on any atom is 0.261 e. The predicted molar refractivity (Wildman–Crippen MR) is 158 cm³/mol. The van der Waals surface area contributed by atoms with Crippen LogP contribution in [0.1, 0.15) is 37.0 Å². The molecule has 2 amide bonds. The van der Waals surface area contributed by atoms with Crippen molar-refractivity contribution in [3.63, 3.8) is 0 Å². The van der Waals surface area contributed by atoms with Gasteiger partial charge in [-0.15, -0.1) is 11.3 Å². The third kappa shape index (κ3) is 5.21. The second-order valence-electron chi connectivity index (χ2n) is 10.8. The Balaban J connectivity index is 1.37. The fraction of sp³-hybridized carbons (Fsp3) is 0.400. The van der Waals surface area contributed by atoms with Crippen molar-refractivity contribution >= 4 is 45.5 Å². The van der Waals surface area contributed by atoms with Gasteiger partial charge in [0.15, 0.2) is 0 Å². The van der Waals surface area contributed by atoms with E-state index in [4.69, 9.17) is 4.42 Å². The van der Waals surface area contributed by atoms with Gasteiger partial charge in [0.05, 0.1) is 29.6 Å². The normalized spacial score (nSPS) is 15.2. The number of fused-ring (bicyclic) bond motifs is 2. The average molecular weight is 562 g/mol. The van der Waals surface area contributed by atoms with Crippen LogP contribution in [0.4, 0.5) is 11.4 Å². The van der Waals surface area contributed by atoms with Gasteiger partial charge in [-0.25, -0.2) is 4.98 Å². The fourth-order valence-corrected chi connectivity index (χ4v) is 6.07. The molecule has 0 bridgehead atoms. The average Bonchev–Trinajstić information content (AvgIpc) is 3.58. The van der Waals surface area contributed by atoms with Crippen LogP contribution in [0.15, 0.2) is 57.4 Å². The lowest BCUT2D eigenvalue weighted by molar-refractivity contribution is -0.137. The van der Waals surface area contributed by atoms with Crippen molar-refractivity contribution in [2.24, 2.45) is 5.41 Å². The van der Waals surface area contributed by atoms with Gasteiger partial charge in [-0.3, -0.25) is 19.3 Å². The monoisotopic (exact) mass is 561 g/mol. The molecule has 4 aromatic rings. The summed E-state index contributed by atoms with van der Waals surface area (Å²) >= 11 is 1.64. The number of anilines is 2. The molecule has 0 spiro atoms. The van der Waals surface area contributed by atoms with E-state index in [2.05, 4.69) is 9.88 Å². The Morgan fingerprint density at radius 3 is 2.58 bits per heavy atom. The van der Waals surface area contributed by atoms with Gasteiger partial charge in [-0.1, -0.05) is 6.07 Å². The lowest BCUT2D eigenvalue weighted by atomic mass is 9.90. The summed E-state index contributed by atoms with van der Waals surface area (Å²) in [6, 6.07) is 9.54. The number of pyridine rings is 1. The molecule has 0 aliphatic carbocycles. The third-order valence-corrected chi connectivity index (χ3v) is 8.57. The molecule has 0 radical (unpaired) electrons. The summed E-state index contributed by atoms with van der Waals surface area (Å²) in [5.41, 5.74) is 2.95. The quantitative estimate of drug-likeness (QED) is 0.280. The van der Waals surface area contributed by atoms with Crippen LogP contribution in [0.25, 0.3) is 11.0 Å². The van der Waals surface area contributed by atoms with E-state index in [0.717, 1.165) is 40.6 Å². The first-order valence-corrected chi connectivity index (χ1v) is 14.4. The zero-order chi connectivity index (χ0) is 28.6. The van der Waals surface area contributed by atoms with Crippen molar-refractivity contribution < 1.29 is 14.0 Å². The number of thiazole rings is 1. The number of furan rings is 1. The Kier molecular flexibility index (Phi) is 7.65. The topological polar surface area (TPSA) is 91.9 Å². The first-order chi connectivity index (χ1) is 19.1. The van der Waals surface area contributed by atoms with Gasteiger partial charge < -0.3 is 18.8 Å². The number of carbonyl (C=O) groups excluding carboxylic acids is 2. The molecule has 0 unspecified atom stereocenters. The van der Waals surface area contributed by atoms with Crippen LogP contribution in [-0.2, 0) is 29.1 Å². The highest BCUT2D eigenvalue weighted by molar-refractivity contribution is 7.09. The molecule has 40 heavy (non-hydrogen) atoms. The minimum absolute atomic E-state index is 0.0623. The maximum absolute atomic E-state index is 13.2. The molecule has 0 atom stereocenters. The minimum Gasteiger partial charge on any atom is -0.464 e. The van der Waals surface area contributed by atoms with Gasteiger partial charge in [0.1, 0.15) is 16.0 Å². The molecular formula is C30H35N5O4S. The molecule has 0 N–H and O–H groups in total. The number of hydrogen-bond donors (Lipinski definition) is 0. The van der Waals surface area contributed by atoms with Crippen LogP contribution >= 0.6 is 11.3 Å². The molecule has 1 aliphatic heterocycles. The summed E-state index contributed by atoms with van der Waals surface area (Å²) in [7, 11) is 1.74. The van der Waals surface area contributed by atoms with E-state index in [1.807, 2.05) is 43.5 Å². The van der Waals surface area contributed by atoms with Crippen LogP contribution in [0, 0.1) is 12.3 Å². The number of hydrogen-bond acceptors (Lipinski definition) is 7. The first kappa shape index (κ1) is 27.8. The molecule has 210 valence electrons. The smallest absolute Gasteiger partial charge is 0.261 e. The Morgan fingerprint density at radius 2 is 1.85 bits per heavy atom. The second kappa shape index (κ2) is 11.0. The minimum atomic E-state index is -1.13.